The number of benzene rings is 1. The normalized spacial score (nSPS) is 19.7. The third-order valence-electron chi connectivity index (χ3n) is 10.1. The Balaban J connectivity index is 0.00000236. The second-order valence-electron chi connectivity index (χ2n) is 15.1. The SMILES string of the molecule is CC[C@H](C(=O)N[C@H](C(=O)N(C)[C@H](CN1CCCC[C@H]1C(=O)N1CCCCC1)C(C)C)C(C)(C)C)C(C)(C)c1ccccc1.O=CO. The van der Waals surface area contributed by atoms with E-state index in [1.165, 1.54) is 6.42 Å². The second-order valence-corrected chi connectivity index (χ2v) is 15.1. The van der Waals surface area contributed by atoms with E-state index in [9.17, 15) is 14.4 Å². The van der Waals surface area contributed by atoms with E-state index < -0.39 is 11.5 Å². The van der Waals surface area contributed by atoms with Crippen LogP contribution in [0.4, 0.5) is 0 Å². The number of piperidine rings is 2. The molecule has 2 fully saturated rings. The fourth-order valence-electron chi connectivity index (χ4n) is 7.19. The molecule has 2 saturated heterocycles. The van der Waals surface area contributed by atoms with Gasteiger partial charge < -0.3 is 20.2 Å². The number of likely N-dealkylation sites (N-methyl/N-ethyl adjacent to an activating group) is 1. The first-order chi connectivity index (χ1) is 21.6. The van der Waals surface area contributed by atoms with Gasteiger partial charge in [-0.3, -0.25) is 24.1 Å². The van der Waals surface area contributed by atoms with Gasteiger partial charge in [0.2, 0.25) is 17.7 Å². The van der Waals surface area contributed by atoms with Crippen molar-refractivity contribution in [3.8, 4) is 0 Å². The molecule has 0 bridgehead atoms. The lowest BCUT2D eigenvalue weighted by atomic mass is 9.71. The summed E-state index contributed by atoms with van der Waals surface area (Å²) < 4.78 is 0. The maximum atomic E-state index is 14.3. The Morgan fingerprint density at radius 1 is 0.978 bits per heavy atom. The van der Waals surface area contributed by atoms with E-state index >= 15 is 0 Å². The molecule has 1 aromatic carbocycles. The van der Waals surface area contributed by atoms with Crippen LogP contribution in [0.5, 0.6) is 0 Å². The van der Waals surface area contributed by atoms with Crippen molar-refractivity contribution < 1.29 is 24.3 Å². The molecule has 2 heterocycles. The van der Waals surface area contributed by atoms with Gasteiger partial charge in [-0.2, -0.15) is 0 Å². The summed E-state index contributed by atoms with van der Waals surface area (Å²) in [6.45, 7) is 19.7. The number of likely N-dealkylation sites (tertiary alicyclic amines) is 2. The van der Waals surface area contributed by atoms with Crippen LogP contribution in [-0.2, 0) is 24.6 Å². The van der Waals surface area contributed by atoms with Crippen LogP contribution in [0.25, 0.3) is 0 Å². The molecule has 2 N–H and O–H groups in total. The molecular formula is C37H62N4O5. The average Bonchev–Trinajstić information content (AvgIpc) is 3.02. The molecule has 0 radical (unpaired) electrons. The summed E-state index contributed by atoms with van der Waals surface area (Å²) in [5, 5.41) is 10.1. The molecule has 260 valence electrons. The highest BCUT2D eigenvalue weighted by atomic mass is 16.3. The summed E-state index contributed by atoms with van der Waals surface area (Å²) in [5.74, 6) is 0.0274. The van der Waals surface area contributed by atoms with Crippen LogP contribution >= 0.6 is 0 Å². The van der Waals surface area contributed by atoms with Crippen LogP contribution in [0.1, 0.15) is 106 Å². The summed E-state index contributed by atoms with van der Waals surface area (Å²) in [6, 6.07) is 9.31. The lowest BCUT2D eigenvalue weighted by Crippen LogP contribution is -2.61. The Labute approximate surface area is 278 Å². The van der Waals surface area contributed by atoms with Gasteiger partial charge in [0, 0.05) is 44.1 Å². The Kier molecular flexibility index (Phi) is 15.2. The summed E-state index contributed by atoms with van der Waals surface area (Å²) in [4.78, 5) is 56.5. The van der Waals surface area contributed by atoms with Crippen molar-refractivity contribution >= 4 is 24.2 Å². The number of rotatable bonds is 11. The number of nitrogens with zero attached hydrogens (tertiary/aromatic N) is 3. The number of amides is 3. The minimum Gasteiger partial charge on any atom is -0.483 e. The molecule has 0 spiro atoms. The Morgan fingerprint density at radius 2 is 1.54 bits per heavy atom. The molecule has 4 atom stereocenters. The average molecular weight is 643 g/mol. The van der Waals surface area contributed by atoms with E-state index in [4.69, 9.17) is 9.90 Å². The van der Waals surface area contributed by atoms with Gasteiger partial charge in [0.05, 0.1) is 6.04 Å². The van der Waals surface area contributed by atoms with Gasteiger partial charge in [-0.1, -0.05) is 92.1 Å². The molecule has 9 heteroatoms. The smallest absolute Gasteiger partial charge is 0.290 e. The molecule has 2 aliphatic rings. The lowest BCUT2D eigenvalue weighted by Gasteiger charge is -2.44. The number of hydrogen-bond donors (Lipinski definition) is 2. The molecule has 0 aliphatic carbocycles. The minimum absolute atomic E-state index is 0.0668. The van der Waals surface area contributed by atoms with Crippen molar-refractivity contribution in [3.05, 3.63) is 35.9 Å². The number of carbonyl (C=O) groups is 4. The Bertz CT molecular complexity index is 1110. The zero-order chi connectivity index (χ0) is 34.7. The van der Waals surface area contributed by atoms with Crippen molar-refractivity contribution in [1.29, 1.82) is 0 Å². The highest BCUT2D eigenvalue weighted by Crippen LogP contribution is 2.35. The quantitative estimate of drug-likeness (QED) is 0.306. The van der Waals surface area contributed by atoms with E-state index in [0.717, 1.165) is 57.3 Å². The van der Waals surface area contributed by atoms with Crippen LogP contribution in [-0.4, -0.2) is 95.4 Å². The first kappa shape index (κ1) is 39.2. The van der Waals surface area contributed by atoms with E-state index in [1.54, 1.807) is 0 Å². The highest BCUT2D eigenvalue weighted by Gasteiger charge is 2.42. The predicted octanol–water partition coefficient (Wildman–Crippen LogP) is 5.57. The van der Waals surface area contributed by atoms with Gasteiger partial charge in [0.1, 0.15) is 6.04 Å². The summed E-state index contributed by atoms with van der Waals surface area (Å²) in [5.41, 5.74) is 0.250. The third kappa shape index (κ3) is 10.3. The van der Waals surface area contributed by atoms with Crippen LogP contribution < -0.4 is 5.32 Å². The number of nitrogens with one attached hydrogen (secondary N) is 1. The second kappa shape index (κ2) is 17.8. The molecule has 0 unspecified atom stereocenters. The van der Waals surface area contributed by atoms with Gasteiger partial charge in [-0.05, 0) is 62.0 Å². The van der Waals surface area contributed by atoms with Gasteiger partial charge in [-0.25, -0.2) is 0 Å². The Hall–Kier alpha value is -2.94. The first-order valence-electron chi connectivity index (χ1n) is 17.3. The van der Waals surface area contributed by atoms with E-state index in [-0.39, 0.29) is 53.5 Å². The van der Waals surface area contributed by atoms with Crippen LogP contribution in [0, 0.1) is 17.3 Å². The maximum absolute atomic E-state index is 14.3. The highest BCUT2D eigenvalue weighted by molar-refractivity contribution is 5.90. The molecule has 3 amide bonds. The molecule has 1 aromatic rings. The topological polar surface area (TPSA) is 110 Å². The van der Waals surface area contributed by atoms with Crippen molar-refractivity contribution in [3.63, 3.8) is 0 Å². The summed E-state index contributed by atoms with van der Waals surface area (Å²) >= 11 is 0. The Morgan fingerprint density at radius 3 is 2.07 bits per heavy atom. The molecule has 0 saturated carbocycles. The van der Waals surface area contributed by atoms with Crippen LogP contribution in [0.2, 0.25) is 0 Å². The molecule has 9 nitrogen and oxygen atoms in total. The maximum Gasteiger partial charge on any atom is 0.290 e. The van der Waals surface area contributed by atoms with Gasteiger partial charge in [0.25, 0.3) is 6.47 Å². The summed E-state index contributed by atoms with van der Waals surface area (Å²) in [6.07, 6.45) is 7.07. The summed E-state index contributed by atoms with van der Waals surface area (Å²) in [7, 11) is 1.88. The van der Waals surface area contributed by atoms with Gasteiger partial charge in [-0.15, -0.1) is 0 Å². The van der Waals surface area contributed by atoms with Gasteiger partial charge >= 0.3 is 0 Å². The largest absolute Gasteiger partial charge is 0.483 e. The third-order valence-corrected chi connectivity index (χ3v) is 10.1. The molecule has 3 rings (SSSR count). The van der Waals surface area contributed by atoms with Crippen LogP contribution in [0.3, 0.4) is 0 Å². The number of hydrogen-bond acceptors (Lipinski definition) is 5. The van der Waals surface area contributed by atoms with Crippen molar-refractivity contribution in [1.82, 2.24) is 20.0 Å². The first-order valence-corrected chi connectivity index (χ1v) is 17.3. The number of carbonyl (C=O) groups excluding carboxylic acids is 3. The predicted molar refractivity (Wildman–Crippen MR) is 184 cm³/mol. The molecule has 0 aromatic heterocycles. The lowest BCUT2D eigenvalue weighted by molar-refractivity contribution is -0.144. The zero-order valence-electron chi connectivity index (χ0n) is 30.1. The van der Waals surface area contributed by atoms with Crippen molar-refractivity contribution in [2.75, 3.05) is 33.2 Å². The monoisotopic (exact) mass is 642 g/mol. The number of carboxylic acid groups (broad SMARTS) is 1. The fourth-order valence-corrected chi connectivity index (χ4v) is 7.19. The molecule has 2 aliphatic heterocycles. The van der Waals surface area contributed by atoms with Crippen molar-refractivity contribution in [2.45, 2.75) is 124 Å². The zero-order valence-corrected chi connectivity index (χ0v) is 30.1. The van der Waals surface area contributed by atoms with Crippen LogP contribution in [0.15, 0.2) is 30.3 Å². The van der Waals surface area contributed by atoms with E-state index in [2.05, 4.69) is 54.9 Å². The van der Waals surface area contributed by atoms with E-state index in [1.807, 2.05) is 57.8 Å². The van der Waals surface area contributed by atoms with E-state index in [0.29, 0.717) is 13.0 Å². The fraction of sp³-hybridized carbons (Fsp3) is 0.730. The molecule has 46 heavy (non-hydrogen) atoms. The van der Waals surface area contributed by atoms with Crippen molar-refractivity contribution in [2.24, 2.45) is 17.3 Å². The van der Waals surface area contributed by atoms with Gasteiger partial charge in [0.15, 0.2) is 0 Å². The molecular weight excluding hydrogens is 580 g/mol. The minimum atomic E-state index is -0.668. The standard InChI is InChI=1S/C36H60N4O3.CH2O2/c1-10-28(36(7,8)27-19-13-11-14-20-27)32(41)37-31(35(4,5)6)34(43)38(9)30(26(2)3)25-40-24-18-15-21-29(40)33(42)39-22-16-12-17-23-39;2-1-3/h11,13-14,19-20,26,28-31H,10,12,15-18,21-25H2,1-9H3,(H,37,41);1H,(H,2,3)/t28-,29+,30-,31-;/m1./s1.